The lowest BCUT2D eigenvalue weighted by atomic mass is 9.96. The number of hydrogen-bond donors (Lipinski definition) is 2. The van der Waals surface area contributed by atoms with Gasteiger partial charge in [0.15, 0.2) is 0 Å². The van der Waals surface area contributed by atoms with E-state index in [1.54, 1.807) is 19.3 Å². The molecule has 8 heteroatoms. The third-order valence-electron chi connectivity index (χ3n) is 7.40. The smallest absolute Gasteiger partial charge is 0.269 e. The van der Waals surface area contributed by atoms with E-state index in [1.165, 1.54) is 0 Å². The highest BCUT2D eigenvalue weighted by atomic mass is 16.1. The van der Waals surface area contributed by atoms with Crippen LogP contribution in [0.4, 0.5) is 5.69 Å². The summed E-state index contributed by atoms with van der Waals surface area (Å²) in [5, 5.41) is 2.60. The largest absolute Gasteiger partial charge is 0.368 e. The summed E-state index contributed by atoms with van der Waals surface area (Å²) in [6.45, 7) is 3.94. The summed E-state index contributed by atoms with van der Waals surface area (Å²) in [4.78, 5) is 41.5. The summed E-state index contributed by atoms with van der Waals surface area (Å²) in [6.07, 6.45) is 9.19. The summed E-state index contributed by atoms with van der Waals surface area (Å²) in [7, 11) is 1.62. The normalized spacial score (nSPS) is 23.7. The second-order valence-corrected chi connectivity index (χ2v) is 9.25. The number of nitrogens with one attached hydrogen (secondary N) is 2. The van der Waals surface area contributed by atoms with Crippen molar-refractivity contribution in [3.63, 3.8) is 0 Å². The van der Waals surface area contributed by atoms with Crippen molar-refractivity contribution in [3.8, 4) is 0 Å². The van der Waals surface area contributed by atoms with E-state index in [0.29, 0.717) is 17.7 Å². The number of pyridine rings is 1. The van der Waals surface area contributed by atoms with E-state index in [4.69, 9.17) is 4.98 Å². The molecule has 8 nitrogen and oxygen atoms in total. The van der Waals surface area contributed by atoms with Crippen molar-refractivity contribution < 1.29 is 4.79 Å². The van der Waals surface area contributed by atoms with Gasteiger partial charge < -0.3 is 15.2 Å². The Morgan fingerprint density at radius 2 is 1.94 bits per heavy atom. The summed E-state index contributed by atoms with van der Waals surface area (Å²) in [5.41, 5.74) is 3.57. The molecule has 1 saturated heterocycles. The fraction of sp³-hybridized carbons (Fsp3) is 0.583. The van der Waals surface area contributed by atoms with Crippen LogP contribution in [0.2, 0.25) is 0 Å². The molecule has 3 heterocycles. The van der Waals surface area contributed by atoms with Crippen LogP contribution in [0.5, 0.6) is 0 Å². The Morgan fingerprint density at radius 3 is 2.69 bits per heavy atom. The molecule has 170 valence electrons. The Morgan fingerprint density at radius 1 is 1.12 bits per heavy atom. The number of nitrogens with zero attached hydrogens (tertiary/aromatic N) is 4. The molecular weight excluding hydrogens is 404 g/mol. The zero-order valence-electron chi connectivity index (χ0n) is 18.8. The highest BCUT2D eigenvalue weighted by Crippen LogP contribution is 2.36. The molecule has 1 saturated carbocycles. The molecule has 2 aromatic rings. The van der Waals surface area contributed by atoms with Gasteiger partial charge in [0, 0.05) is 50.7 Å². The number of fused-ring (bicyclic) bond motifs is 1. The van der Waals surface area contributed by atoms with Crippen LogP contribution in [-0.4, -0.2) is 65.0 Å². The van der Waals surface area contributed by atoms with E-state index in [2.05, 4.69) is 25.1 Å². The van der Waals surface area contributed by atoms with E-state index >= 15 is 0 Å². The molecule has 0 radical (unpaired) electrons. The van der Waals surface area contributed by atoms with Crippen molar-refractivity contribution in [2.75, 3.05) is 38.1 Å². The van der Waals surface area contributed by atoms with Crippen LogP contribution in [0.25, 0.3) is 0 Å². The van der Waals surface area contributed by atoms with Crippen molar-refractivity contribution in [1.82, 2.24) is 25.2 Å². The van der Waals surface area contributed by atoms with Gasteiger partial charge in [0.05, 0.1) is 17.6 Å². The molecule has 0 spiro atoms. The van der Waals surface area contributed by atoms with Crippen LogP contribution in [0.1, 0.15) is 65.6 Å². The average molecular weight is 437 g/mol. The molecule has 2 N–H and O–H groups in total. The van der Waals surface area contributed by atoms with Gasteiger partial charge in [-0.2, -0.15) is 0 Å². The van der Waals surface area contributed by atoms with Gasteiger partial charge >= 0.3 is 0 Å². The van der Waals surface area contributed by atoms with Crippen molar-refractivity contribution in [1.29, 1.82) is 0 Å². The summed E-state index contributed by atoms with van der Waals surface area (Å²) < 4.78 is 0. The second kappa shape index (κ2) is 9.02. The predicted octanol–water partition coefficient (Wildman–Crippen LogP) is 1.86. The Kier molecular flexibility index (Phi) is 5.95. The molecule has 2 fully saturated rings. The SMILES string of the molecule is CNC(=O)c1ccc(N2CCN([C@@H]3CC[C@@H](c4nc5c(c(=O)[nH]4)CCCC5)C3)CC2)cn1. The summed E-state index contributed by atoms with van der Waals surface area (Å²) in [5.74, 6) is 1.12. The number of piperazine rings is 1. The molecular formula is C24H32N6O2. The fourth-order valence-electron chi connectivity index (χ4n) is 5.53. The lowest BCUT2D eigenvalue weighted by molar-refractivity contribution is 0.0958. The maximum absolute atomic E-state index is 12.5. The maximum atomic E-state index is 12.5. The molecule has 5 rings (SSSR count). The van der Waals surface area contributed by atoms with Crippen molar-refractivity contribution >= 4 is 11.6 Å². The molecule has 1 amide bonds. The highest BCUT2D eigenvalue weighted by Gasteiger charge is 2.33. The molecule has 2 aromatic heterocycles. The second-order valence-electron chi connectivity index (χ2n) is 9.25. The van der Waals surface area contributed by atoms with Gasteiger partial charge in [-0.15, -0.1) is 0 Å². The quantitative estimate of drug-likeness (QED) is 0.760. The molecule has 1 aliphatic heterocycles. The van der Waals surface area contributed by atoms with E-state index < -0.39 is 0 Å². The molecule has 32 heavy (non-hydrogen) atoms. The standard InChI is InChI=1S/C24H32N6O2/c1-25-24(32)21-9-8-18(15-26-21)30-12-10-29(11-13-30)17-7-6-16(14-17)22-27-20-5-3-2-4-19(20)23(31)28-22/h8-9,15-17H,2-7,10-14H2,1H3,(H,25,32)(H,27,28,31)/t16-,17-/m1/s1. The highest BCUT2D eigenvalue weighted by molar-refractivity contribution is 5.92. The number of aryl methyl sites for hydroxylation is 1. The number of amides is 1. The zero-order valence-corrected chi connectivity index (χ0v) is 18.8. The first kappa shape index (κ1) is 21.1. The first-order valence-corrected chi connectivity index (χ1v) is 11.9. The van der Waals surface area contributed by atoms with E-state index in [9.17, 15) is 9.59 Å². The Bertz CT molecular complexity index is 1030. The number of carbonyl (C=O) groups is 1. The fourth-order valence-corrected chi connectivity index (χ4v) is 5.53. The van der Waals surface area contributed by atoms with Gasteiger partial charge in [-0.1, -0.05) is 0 Å². The number of anilines is 1. The number of aromatic nitrogens is 3. The molecule has 2 aliphatic carbocycles. The van der Waals surface area contributed by atoms with Crippen LogP contribution in [0.15, 0.2) is 23.1 Å². The van der Waals surface area contributed by atoms with Crippen LogP contribution in [-0.2, 0) is 12.8 Å². The van der Waals surface area contributed by atoms with Crippen LogP contribution in [0, 0.1) is 0 Å². The summed E-state index contributed by atoms with van der Waals surface area (Å²) in [6, 6.07) is 4.32. The first-order valence-electron chi connectivity index (χ1n) is 11.9. The topological polar surface area (TPSA) is 94.2 Å². The minimum atomic E-state index is -0.160. The lowest BCUT2D eigenvalue weighted by Crippen LogP contribution is -2.49. The van der Waals surface area contributed by atoms with Gasteiger partial charge in [0.25, 0.3) is 11.5 Å². The number of rotatable bonds is 4. The lowest BCUT2D eigenvalue weighted by Gasteiger charge is -2.39. The Labute approximate surface area is 188 Å². The molecule has 0 unspecified atom stereocenters. The monoisotopic (exact) mass is 436 g/mol. The van der Waals surface area contributed by atoms with E-state index in [-0.39, 0.29) is 11.5 Å². The van der Waals surface area contributed by atoms with Gasteiger partial charge in [-0.25, -0.2) is 9.97 Å². The minimum Gasteiger partial charge on any atom is -0.368 e. The molecule has 0 aromatic carbocycles. The Balaban J connectivity index is 1.18. The molecule has 3 aliphatic rings. The zero-order chi connectivity index (χ0) is 22.1. The Hall–Kier alpha value is -2.74. The van der Waals surface area contributed by atoms with Gasteiger partial charge in [0.2, 0.25) is 0 Å². The van der Waals surface area contributed by atoms with Crippen LogP contribution < -0.4 is 15.8 Å². The number of hydrogen-bond acceptors (Lipinski definition) is 6. The summed E-state index contributed by atoms with van der Waals surface area (Å²) >= 11 is 0. The van der Waals surface area contributed by atoms with Gasteiger partial charge in [0.1, 0.15) is 11.5 Å². The minimum absolute atomic E-state index is 0.0952. The molecule has 2 atom stereocenters. The van der Waals surface area contributed by atoms with Crippen molar-refractivity contribution in [2.24, 2.45) is 0 Å². The third-order valence-corrected chi connectivity index (χ3v) is 7.40. The molecule has 0 bridgehead atoms. The van der Waals surface area contributed by atoms with Crippen LogP contribution in [0.3, 0.4) is 0 Å². The van der Waals surface area contributed by atoms with Gasteiger partial charge in [-0.3, -0.25) is 14.5 Å². The van der Waals surface area contributed by atoms with Gasteiger partial charge in [-0.05, 0) is 57.1 Å². The number of aromatic amines is 1. The maximum Gasteiger partial charge on any atom is 0.269 e. The van der Waals surface area contributed by atoms with Crippen molar-refractivity contribution in [3.05, 3.63) is 51.5 Å². The first-order chi connectivity index (χ1) is 15.6. The average Bonchev–Trinajstić information content (AvgIpc) is 3.34. The number of H-pyrrole nitrogens is 1. The van der Waals surface area contributed by atoms with Crippen molar-refractivity contribution in [2.45, 2.75) is 56.9 Å². The number of carbonyl (C=O) groups excluding carboxylic acids is 1. The van der Waals surface area contributed by atoms with E-state index in [1.807, 2.05) is 6.07 Å². The third kappa shape index (κ3) is 4.16. The predicted molar refractivity (Wildman–Crippen MR) is 123 cm³/mol. The van der Waals surface area contributed by atoms with E-state index in [0.717, 1.165) is 93.9 Å². The van der Waals surface area contributed by atoms with Crippen LogP contribution >= 0.6 is 0 Å².